The van der Waals surface area contributed by atoms with E-state index in [2.05, 4.69) is 24.8 Å². The fourth-order valence-electron chi connectivity index (χ4n) is 3.66. The monoisotopic (exact) mass is 394 g/mol. The van der Waals surface area contributed by atoms with Gasteiger partial charge < -0.3 is 9.64 Å². The summed E-state index contributed by atoms with van der Waals surface area (Å²) in [5.41, 5.74) is 1.88. The molecule has 1 saturated heterocycles. The third kappa shape index (κ3) is 5.23. The molecule has 2 aromatic rings. The van der Waals surface area contributed by atoms with Crippen LogP contribution in [0.1, 0.15) is 64.0 Å². The van der Waals surface area contributed by atoms with Crippen LogP contribution in [-0.2, 0) is 9.53 Å². The second kappa shape index (κ2) is 10.2. The lowest BCUT2D eigenvalue weighted by atomic mass is 9.98. The Kier molecular flexibility index (Phi) is 7.40. The summed E-state index contributed by atoms with van der Waals surface area (Å²) in [5.74, 6) is -0.277. The zero-order valence-electron chi connectivity index (χ0n) is 17.4. The van der Waals surface area contributed by atoms with Gasteiger partial charge in [0, 0.05) is 13.1 Å². The standard InChI is InChI=1S/C23H30N4O2/c1-3-4-5-8-15-29-23(28)18(16-24)21-22(27-13-11-17(2)12-14-27)26-20-10-7-6-9-19(20)25-21/h6-7,9-10,17-18H,3-5,8,11-15H2,1-2H3. The highest BCUT2D eigenvalue weighted by molar-refractivity contribution is 5.85. The summed E-state index contributed by atoms with van der Waals surface area (Å²) in [6.07, 6.45) is 6.21. The van der Waals surface area contributed by atoms with Gasteiger partial charge in [-0.2, -0.15) is 5.26 Å². The van der Waals surface area contributed by atoms with Crippen LogP contribution in [0.2, 0.25) is 0 Å². The summed E-state index contributed by atoms with van der Waals surface area (Å²) in [7, 11) is 0. The van der Waals surface area contributed by atoms with Gasteiger partial charge in [0.25, 0.3) is 0 Å². The number of ether oxygens (including phenoxy) is 1. The number of anilines is 1. The summed E-state index contributed by atoms with van der Waals surface area (Å²) in [5, 5.41) is 9.79. The van der Waals surface area contributed by atoms with E-state index in [0.29, 0.717) is 29.6 Å². The number of benzene rings is 1. The molecule has 0 aliphatic carbocycles. The minimum Gasteiger partial charge on any atom is -0.464 e. The molecule has 6 nitrogen and oxygen atoms in total. The van der Waals surface area contributed by atoms with Crippen molar-refractivity contribution in [3.8, 4) is 6.07 Å². The van der Waals surface area contributed by atoms with Crippen LogP contribution in [0, 0.1) is 17.2 Å². The molecule has 29 heavy (non-hydrogen) atoms. The Hall–Kier alpha value is -2.68. The largest absolute Gasteiger partial charge is 0.464 e. The van der Waals surface area contributed by atoms with Crippen molar-refractivity contribution in [2.24, 2.45) is 5.92 Å². The van der Waals surface area contributed by atoms with Crippen LogP contribution in [0.4, 0.5) is 5.82 Å². The van der Waals surface area contributed by atoms with E-state index in [9.17, 15) is 10.1 Å². The summed E-state index contributed by atoms with van der Waals surface area (Å²) < 4.78 is 5.42. The number of carbonyl (C=O) groups is 1. The van der Waals surface area contributed by atoms with Gasteiger partial charge in [-0.1, -0.05) is 45.2 Å². The average Bonchev–Trinajstić information content (AvgIpc) is 2.74. The molecule has 2 heterocycles. The zero-order chi connectivity index (χ0) is 20.6. The zero-order valence-corrected chi connectivity index (χ0v) is 17.4. The van der Waals surface area contributed by atoms with Crippen molar-refractivity contribution in [2.75, 3.05) is 24.6 Å². The fourth-order valence-corrected chi connectivity index (χ4v) is 3.66. The number of esters is 1. The highest BCUT2D eigenvalue weighted by Crippen LogP contribution is 2.30. The van der Waals surface area contributed by atoms with Crippen molar-refractivity contribution in [3.63, 3.8) is 0 Å². The molecule has 1 aromatic heterocycles. The number of piperidine rings is 1. The normalized spacial score (nSPS) is 15.8. The predicted molar refractivity (Wildman–Crippen MR) is 114 cm³/mol. The molecule has 0 spiro atoms. The second-order valence-corrected chi connectivity index (χ2v) is 7.88. The first-order chi connectivity index (χ1) is 14.1. The predicted octanol–water partition coefficient (Wildman–Crippen LogP) is 4.60. The number of hydrogen-bond donors (Lipinski definition) is 0. The molecule has 0 bridgehead atoms. The van der Waals surface area contributed by atoms with E-state index < -0.39 is 11.9 Å². The van der Waals surface area contributed by atoms with E-state index >= 15 is 0 Å². The topological polar surface area (TPSA) is 79.1 Å². The van der Waals surface area contributed by atoms with Crippen LogP contribution in [0.3, 0.4) is 0 Å². The Bertz CT molecular complexity index is 869. The number of nitrogens with zero attached hydrogens (tertiary/aromatic N) is 4. The quantitative estimate of drug-likeness (QED) is 0.481. The van der Waals surface area contributed by atoms with Gasteiger partial charge in [0.15, 0.2) is 11.7 Å². The van der Waals surface area contributed by atoms with Gasteiger partial charge in [0.1, 0.15) is 5.69 Å². The van der Waals surface area contributed by atoms with Gasteiger partial charge in [-0.3, -0.25) is 4.79 Å². The van der Waals surface area contributed by atoms with Crippen LogP contribution in [-0.4, -0.2) is 35.6 Å². The average molecular weight is 395 g/mol. The number of unbranched alkanes of at least 4 members (excludes halogenated alkanes) is 3. The van der Waals surface area contributed by atoms with E-state index in [0.717, 1.165) is 57.1 Å². The molecule has 1 aliphatic heterocycles. The SMILES string of the molecule is CCCCCCOC(=O)C(C#N)c1nc2ccccc2nc1N1CCC(C)CC1. The van der Waals surface area contributed by atoms with Gasteiger partial charge in [-0.25, -0.2) is 9.97 Å². The Balaban J connectivity index is 1.87. The highest BCUT2D eigenvalue weighted by atomic mass is 16.5. The summed E-state index contributed by atoms with van der Waals surface area (Å²) in [4.78, 5) is 24.4. The van der Waals surface area contributed by atoms with Crippen LogP contribution < -0.4 is 4.90 Å². The first-order valence-electron chi connectivity index (χ1n) is 10.7. The second-order valence-electron chi connectivity index (χ2n) is 7.88. The minimum absolute atomic E-state index is 0.342. The first kappa shape index (κ1) is 21.0. The molecule has 0 radical (unpaired) electrons. The lowest BCUT2D eigenvalue weighted by Gasteiger charge is -2.32. The van der Waals surface area contributed by atoms with Crippen molar-refractivity contribution in [1.29, 1.82) is 5.26 Å². The molecular weight excluding hydrogens is 364 g/mol. The first-order valence-corrected chi connectivity index (χ1v) is 10.7. The molecule has 6 heteroatoms. The smallest absolute Gasteiger partial charge is 0.329 e. The highest BCUT2D eigenvalue weighted by Gasteiger charge is 2.31. The molecule has 1 aromatic carbocycles. The number of rotatable bonds is 8. The van der Waals surface area contributed by atoms with E-state index in [-0.39, 0.29) is 0 Å². The number of carbonyl (C=O) groups excluding carboxylic acids is 1. The molecule has 0 saturated carbocycles. The molecule has 1 fully saturated rings. The van der Waals surface area contributed by atoms with Gasteiger partial charge in [0.2, 0.25) is 0 Å². The van der Waals surface area contributed by atoms with Crippen LogP contribution in [0.25, 0.3) is 11.0 Å². The van der Waals surface area contributed by atoms with E-state index in [1.807, 2.05) is 24.3 Å². The molecule has 1 aliphatic rings. The number of nitriles is 1. The third-order valence-electron chi connectivity index (χ3n) is 5.54. The Labute approximate surface area is 172 Å². The van der Waals surface area contributed by atoms with E-state index in [4.69, 9.17) is 14.7 Å². The molecule has 0 amide bonds. The van der Waals surface area contributed by atoms with Crippen molar-refractivity contribution in [1.82, 2.24) is 9.97 Å². The number of hydrogen-bond acceptors (Lipinski definition) is 6. The Morgan fingerprint density at radius 2 is 1.90 bits per heavy atom. The Morgan fingerprint density at radius 3 is 2.55 bits per heavy atom. The van der Waals surface area contributed by atoms with Gasteiger partial charge in [-0.05, 0) is 37.3 Å². The minimum atomic E-state index is -1.06. The van der Waals surface area contributed by atoms with Crippen molar-refractivity contribution >= 4 is 22.8 Å². The van der Waals surface area contributed by atoms with Crippen molar-refractivity contribution < 1.29 is 9.53 Å². The third-order valence-corrected chi connectivity index (χ3v) is 5.54. The number of para-hydroxylation sites is 2. The fraction of sp³-hybridized carbons (Fsp3) is 0.565. The Morgan fingerprint density at radius 1 is 1.21 bits per heavy atom. The molecule has 1 atom stereocenters. The number of aromatic nitrogens is 2. The van der Waals surface area contributed by atoms with Gasteiger partial charge in [-0.15, -0.1) is 0 Å². The van der Waals surface area contributed by atoms with Crippen LogP contribution >= 0.6 is 0 Å². The molecule has 3 rings (SSSR count). The van der Waals surface area contributed by atoms with E-state index in [1.165, 1.54) is 0 Å². The lowest BCUT2D eigenvalue weighted by molar-refractivity contribution is -0.144. The molecular formula is C23H30N4O2. The number of fused-ring (bicyclic) bond motifs is 1. The van der Waals surface area contributed by atoms with E-state index in [1.54, 1.807) is 0 Å². The van der Waals surface area contributed by atoms with Gasteiger partial charge >= 0.3 is 5.97 Å². The molecule has 1 unspecified atom stereocenters. The van der Waals surface area contributed by atoms with Crippen molar-refractivity contribution in [3.05, 3.63) is 30.0 Å². The maximum Gasteiger partial charge on any atom is 0.329 e. The van der Waals surface area contributed by atoms with Crippen molar-refractivity contribution in [2.45, 2.75) is 58.3 Å². The summed E-state index contributed by atoms with van der Waals surface area (Å²) in [6.45, 7) is 6.43. The molecule has 0 N–H and O–H groups in total. The summed E-state index contributed by atoms with van der Waals surface area (Å²) in [6, 6.07) is 9.70. The van der Waals surface area contributed by atoms with Crippen LogP contribution in [0.15, 0.2) is 24.3 Å². The maximum atomic E-state index is 12.7. The lowest BCUT2D eigenvalue weighted by Crippen LogP contribution is -2.35. The van der Waals surface area contributed by atoms with Gasteiger partial charge in [0.05, 0.1) is 23.7 Å². The molecule has 154 valence electrons. The maximum absolute atomic E-state index is 12.7. The summed E-state index contributed by atoms with van der Waals surface area (Å²) >= 11 is 0. The van der Waals surface area contributed by atoms with Crippen LogP contribution in [0.5, 0.6) is 0 Å².